The lowest BCUT2D eigenvalue weighted by Gasteiger charge is -2.31. The van der Waals surface area contributed by atoms with E-state index in [9.17, 15) is 5.11 Å². The SMILES string of the molecule is CCOC1CCC(C)OC1O. The number of ether oxygens (including phenoxy) is 2. The summed E-state index contributed by atoms with van der Waals surface area (Å²) in [6, 6.07) is 0. The summed E-state index contributed by atoms with van der Waals surface area (Å²) >= 11 is 0. The van der Waals surface area contributed by atoms with Crippen LogP contribution >= 0.6 is 0 Å². The van der Waals surface area contributed by atoms with E-state index in [0.717, 1.165) is 12.8 Å². The van der Waals surface area contributed by atoms with Crippen LogP contribution in [0.2, 0.25) is 0 Å². The molecule has 1 aliphatic heterocycles. The minimum absolute atomic E-state index is 0.115. The first-order chi connectivity index (χ1) is 5.24. The molecule has 0 aromatic rings. The smallest absolute Gasteiger partial charge is 0.181 e. The third-order valence-corrected chi connectivity index (χ3v) is 1.93. The third-order valence-electron chi connectivity index (χ3n) is 1.93. The van der Waals surface area contributed by atoms with Gasteiger partial charge in [-0.2, -0.15) is 0 Å². The first-order valence-electron chi connectivity index (χ1n) is 4.19. The summed E-state index contributed by atoms with van der Waals surface area (Å²) in [6.07, 6.45) is 1.20. The van der Waals surface area contributed by atoms with E-state index in [0.29, 0.717) is 6.61 Å². The van der Waals surface area contributed by atoms with Crippen molar-refractivity contribution in [3.8, 4) is 0 Å². The molecule has 11 heavy (non-hydrogen) atoms. The quantitative estimate of drug-likeness (QED) is 0.652. The molecule has 3 nitrogen and oxygen atoms in total. The molecule has 0 aliphatic carbocycles. The van der Waals surface area contributed by atoms with Gasteiger partial charge in [-0.3, -0.25) is 0 Å². The Kier molecular flexibility index (Phi) is 3.30. The first-order valence-corrected chi connectivity index (χ1v) is 4.19. The zero-order valence-corrected chi connectivity index (χ0v) is 7.12. The van der Waals surface area contributed by atoms with Crippen molar-refractivity contribution in [3.63, 3.8) is 0 Å². The van der Waals surface area contributed by atoms with E-state index >= 15 is 0 Å². The van der Waals surface area contributed by atoms with Crippen molar-refractivity contribution in [3.05, 3.63) is 0 Å². The van der Waals surface area contributed by atoms with E-state index in [-0.39, 0.29) is 12.2 Å². The minimum atomic E-state index is -0.723. The second-order valence-corrected chi connectivity index (χ2v) is 2.91. The molecule has 1 saturated heterocycles. The highest BCUT2D eigenvalue weighted by Gasteiger charge is 2.27. The maximum atomic E-state index is 9.32. The van der Waals surface area contributed by atoms with Crippen LogP contribution in [-0.4, -0.2) is 30.2 Å². The fourth-order valence-electron chi connectivity index (χ4n) is 1.31. The van der Waals surface area contributed by atoms with Crippen molar-refractivity contribution >= 4 is 0 Å². The highest BCUT2D eigenvalue weighted by atomic mass is 16.6. The van der Waals surface area contributed by atoms with Crippen LogP contribution in [0.5, 0.6) is 0 Å². The van der Waals surface area contributed by atoms with Gasteiger partial charge in [0.1, 0.15) is 6.10 Å². The lowest BCUT2D eigenvalue weighted by molar-refractivity contribution is -0.223. The predicted molar refractivity (Wildman–Crippen MR) is 41.2 cm³/mol. The van der Waals surface area contributed by atoms with Crippen LogP contribution in [0.15, 0.2) is 0 Å². The fraction of sp³-hybridized carbons (Fsp3) is 1.00. The maximum Gasteiger partial charge on any atom is 0.181 e. The highest BCUT2D eigenvalue weighted by Crippen LogP contribution is 2.19. The molecule has 0 saturated carbocycles. The van der Waals surface area contributed by atoms with Crippen LogP contribution in [0.1, 0.15) is 26.7 Å². The highest BCUT2D eigenvalue weighted by molar-refractivity contribution is 4.70. The normalized spacial score (nSPS) is 39.0. The summed E-state index contributed by atoms with van der Waals surface area (Å²) in [4.78, 5) is 0. The minimum Gasteiger partial charge on any atom is -0.373 e. The molecule has 0 bridgehead atoms. The molecule has 1 N–H and O–H groups in total. The Labute approximate surface area is 67.3 Å². The Bertz CT molecular complexity index is 116. The molecule has 3 heteroatoms. The first kappa shape index (κ1) is 8.97. The van der Waals surface area contributed by atoms with Crippen LogP contribution < -0.4 is 0 Å². The molecule has 0 amide bonds. The van der Waals surface area contributed by atoms with E-state index in [1.54, 1.807) is 0 Å². The number of aliphatic hydroxyl groups is 1. The molecule has 0 aromatic heterocycles. The predicted octanol–water partition coefficient (Wildman–Crippen LogP) is 0.909. The second-order valence-electron chi connectivity index (χ2n) is 2.91. The van der Waals surface area contributed by atoms with E-state index in [1.165, 1.54) is 0 Å². The molecule has 66 valence electrons. The molecule has 1 heterocycles. The Balaban J connectivity index is 2.31. The number of hydrogen-bond acceptors (Lipinski definition) is 3. The Morgan fingerprint density at radius 2 is 2.27 bits per heavy atom. The van der Waals surface area contributed by atoms with Crippen molar-refractivity contribution < 1.29 is 14.6 Å². The van der Waals surface area contributed by atoms with E-state index in [2.05, 4.69) is 0 Å². The van der Waals surface area contributed by atoms with E-state index in [1.807, 2.05) is 13.8 Å². The lowest BCUT2D eigenvalue weighted by atomic mass is 10.1. The van der Waals surface area contributed by atoms with Crippen molar-refractivity contribution in [2.75, 3.05) is 6.61 Å². The second kappa shape index (κ2) is 4.04. The van der Waals surface area contributed by atoms with Crippen LogP contribution in [0.25, 0.3) is 0 Å². The largest absolute Gasteiger partial charge is 0.373 e. The van der Waals surface area contributed by atoms with Gasteiger partial charge in [-0.1, -0.05) is 0 Å². The summed E-state index contributed by atoms with van der Waals surface area (Å²) in [5, 5.41) is 9.32. The molecule has 1 aliphatic rings. The van der Waals surface area contributed by atoms with Gasteiger partial charge in [-0.05, 0) is 26.7 Å². The molecule has 0 radical (unpaired) electrons. The lowest BCUT2D eigenvalue weighted by Crippen LogP contribution is -2.39. The van der Waals surface area contributed by atoms with Gasteiger partial charge < -0.3 is 14.6 Å². The van der Waals surface area contributed by atoms with Crippen molar-refractivity contribution in [2.45, 2.75) is 45.2 Å². The van der Waals surface area contributed by atoms with Crippen LogP contribution in [0.4, 0.5) is 0 Å². The van der Waals surface area contributed by atoms with Gasteiger partial charge in [0.25, 0.3) is 0 Å². The average Bonchev–Trinajstić information content (AvgIpc) is 1.95. The molecule has 0 spiro atoms. The number of aliphatic hydroxyl groups excluding tert-OH is 1. The van der Waals surface area contributed by atoms with Gasteiger partial charge in [-0.15, -0.1) is 0 Å². The van der Waals surface area contributed by atoms with Crippen molar-refractivity contribution in [2.24, 2.45) is 0 Å². The molecule has 3 unspecified atom stereocenters. The van der Waals surface area contributed by atoms with Gasteiger partial charge in [-0.25, -0.2) is 0 Å². The Morgan fingerprint density at radius 1 is 1.55 bits per heavy atom. The monoisotopic (exact) mass is 160 g/mol. The topological polar surface area (TPSA) is 38.7 Å². The molecule has 0 aromatic carbocycles. The fourth-order valence-corrected chi connectivity index (χ4v) is 1.31. The molecular formula is C8H16O3. The van der Waals surface area contributed by atoms with E-state index in [4.69, 9.17) is 9.47 Å². The maximum absolute atomic E-state index is 9.32. The van der Waals surface area contributed by atoms with Crippen LogP contribution in [0, 0.1) is 0 Å². The number of rotatable bonds is 2. The summed E-state index contributed by atoms with van der Waals surface area (Å²) in [7, 11) is 0. The van der Waals surface area contributed by atoms with Gasteiger partial charge in [0, 0.05) is 6.61 Å². The Hall–Kier alpha value is -0.120. The summed E-state index contributed by atoms with van der Waals surface area (Å²) in [6.45, 7) is 4.52. The Morgan fingerprint density at radius 3 is 2.82 bits per heavy atom. The van der Waals surface area contributed by atoms with Gasteiger partial charge in [0.15, 0.2) is 6.29 Å². The van der Waals surface area contributed by atoms with Crippen LogP contribution in [-0.2, 0) is 9.47 Å². The van der Waals surface area contributed by atoms with Crippen LogP contribution in [0.3, 0.4) is 0 Å². The standard InChI is InChI=1S/C8H16O3/c1-3-10-7-5-4-6(2)11-8(7)9/h6-9H,3-5H2,1-2H3. The number of hydrogen-bond donors (Lipinski definition) is 1. The molecule has 1 rings (SSSR count). The molecular weight excluding hydrogens is 144 g/mol. The summed E-state index contributed by atoms with van der Waals surface area (Å²) in [5.74, 6) is 0. The zero-order valence-electron chi connectivity index (χ0n) is 7.12. The molecule has 3 atom stereocenters. The van der Waals surface area contributed by atoms with Crippen molar-refractivity contribution in [1.29, 1.82) is 0 Å². The van der Waals surface area contributed by atoms with Gasteiger partial charge >= 0.3 is 0 Å². The van der Waals surface area contributed by atoms with Gasteiger partial charge in [0.2, 0.25) is 0 Å². The zero-order chi connectivity index (χ0) is 8.27. The third kappa shape index (κ3) is 2.43. The summed E-state index contributed by atoms with van der Waals surface area (Å²) < 4.78 is 10.5. The summed E-state index contributed by atoms with van der Waals surface area (Å²) in [5.41, 5.74) is 0. The average molecular weight is 160 g/mol. The molecule has 1 fully saturated rings. The van der Waals surface area contributed by atoms with E-state index < -0.39 is 6.29 Å². The van der Waals surface area contributed by atoms with Crippen molar-refractivity contribution in [1.82, 2.24) is 0 Å². The van der Waals surface area contributed by atoms with Gasteiger partial charge in [0.05, 0.1) is 6.10 Å².